The normalized spacial score (nSPS) is 15.0. The molecular weight excluding hydrogens is 360 g/mol. The number of piperidine rings is 1. The summed E-state index contributed by atoms with van der Waals surface area (Å²) < 4.78 is 0. The molecule has 1 aromatic heterocycles. The van der Waals surface area contributed by atoms with E-state index in [1.807, 2.05) is 30.9 Å². The number of H-pyrrole nitrogens is 1. The van der Waals surface area contributed by atoms with E-state index in [4.69, 9.17) is 0 Å². The van der Waals surface area contributed by atoms with E-state index in [0.29, 0.717) is 11.5 Å². The number of hydrogen-bond donors (Lipinski definition) is 1. The molecule has 0 saturated carbocycles. The van der Waals surface area contributed by atoms with E-state index in [1.54, 1.807) is 6.20 Å². The van der Waals surface area contributed by atoms with Gasteiger partial charge >= 0.3 is 0 Å². The fourth-order valence-corrected chi connectivity index (χ4v) is 4.48. The van der Waals surface area contributed by atoms with Crippen molar-refractivity contribution in [2.75, 3.05) is 13.1 Å². The monoisotopic (exact) mass is 388 g/mol. The lowest BCUT2D eigenvalue weighted by Gasteiger charge is -2.32. The summed E-state index contributed by atoms with van der Waals surface area (Å²) in [4.78, 5) is 30.6. The average molecular weight is 389 g/mol. The molecule has 150 valence electrons. The van der Waals surface area contributed by atoms with Gasteiger partial charge in [0.15, 0.2) is 5.78 Å². The van der Waals surface area contributed by atoms with Crippen LogP contribution in [0, 0.1) is 13.8 Å². The number of nitrogens with one attached hydrogen (secondary N) is 1. The number of carbonyl (C=O) groups excluding carboxylic acids is 2. The van der Waals surface area contributed by atoms with Gasteiger partial charge in [0, 0.05) is 48.6 Å². The van der Waals surface area contributed by atoms with Gasteiger partial charge in [0.25, 0.3) is 0 Å². The summed E-state index contributed by atoms with van der Waals surface area (Å²) in [5, 5.41) is 0.992. The molecule has 0 radical (unpaired) electrons. The van der Waals surface area contributed by atoms with Crippen LogP contribution in [0.1, 0.15) is 58.6 Å². The molecule has 1 saturated heterocycles. The Morgan fingerprint density at radius 2 is 1.66 bits per heavy atom. The van der Waals surface area contributed by atoms with Gasteiger partial charge in [-0.05, 0) is 49.3 Å². The maximum atomic E-state index is 12.8. The molecule has 2 aromatic carbocycles. The molecular formula is C25H28N2O2. The van der Waals surface area contributed by atoms with E-state index < -0.39 is 0 Å². The number of likely N-dealkylation sites (tertiary alicyclic amines) is 1. The predicted octanol–water partition coefficient (Wildman–Crippen LogP) is 5.15. The SMILES string of the molecule is Cc1ccc(C)c2c(C(=O)CCC(=O)N3CCC(c4ccccc4)CC3)c[nH]c12. The van der Waals surface area contributed by atoms with Crippen molar-refractivity contribution >= 4 is 22.6 Å². The van der Waals surface area contributed by atoms with Crippen LogP contribution in [0.15, 0.2) is 48.7 Å². The zero-order chi connectivity index (χ0) is 20.4. The number of hydrogen-bond acceptors (Lipinski definition) is 2. The second-order valence-corrected chi connectivity index (χ2v) is 8.14. The van der Waals surface area contributed by atoms with E-state index in [0.717, 1.165) is 48.0 Å². The fraction of sp³-hybridized carbons (Fsp3) is 0.360. The smallest absolute Gasteiger partial charge is 0.223 e. The second-order valence-electron chi connectivity index (χ2n) is 8.14. The molecule has 1 N–H and O–H groups in total. The van der Waals surface area contributed by atoms with Crippen LogP contribution in [0.5, 0.6) is 0 Å². The summed E-state index contributed by atoms with van der Waals surface area (Å²) >= 11 is 0. The first kappa shape index (κ1) is 19.4. The van der Waals surface area contributed by atoms with Crippen LogP contribution in [-0.2, 0) is 4.79 Å². The molecule has 4 rings (SSSR count). The third-order valence-electron chi connectivity index (χ3n) is 6.24. The minimum Gasteiger partial charge on any atom is -0.360 e. The highest BCUT2D eigenvalue weighted by molar-refractivity contribution is 6.10. The van der Waals surface area contributed by atoms with Crippen molar-refractivity contribution in [3.63, 3.8) is 0 Å². The largest absolute Gasteiger partial charge is 0.360 e. The van der Waals surface area contributed by atoms with Crippen LogP contribution in [0.25, 0.3) is 10.9 Å². The number of benzene rings is 2. The number of aromatic amines is 1. The summed E-state index contributed by atoms with van der Waals surface area (Å²) in [6.45, 7) is 5.61. The molecule has 0 aliphatic carbocycles. The third-order valence-corrected chi connectivity index (χ3v) is 6.24. The standard InChI is InChI=1S/C25H28N2O2/c1-17-8-9-18(2)25-24(17)21(16-26-25)22(28)10-11-23(29)27-14-12-20(13-15-27)19-6-4-3-5-7-19/h3-9,16,20,26H,10-15H2,1-2H3. The van der Waals surface area contributed by atoms with Crippen molar-refractivity contribution in [1.82, 2.24) is 9.88 Å². The van der Waals surface area contributed by atoms with E-state index in [9.17, 15) is 9.59 Å². The molecule has 2 heterocycles. The molecule has 4 heteroatoms. The van der Waals surface area contributed by atoms with Gasteiger partial charge in [-0.1, -0.05) is 42.5 Å². The lowest BCUT2D eigenvalue weighted by molar-refractivity contribution is -0.132. The molecule has 3 aromatic rings. The Labute approximate surface area is 171 Å². The molecule has 1 fully saturated rings. The van der Waals surface area contributed by atoms with Crippen LogP contribution in [0.4, 0.5) is 0 Å². The van der Waals surface area contributed by atoms with Crippen molar-refractivity contribution in [1.29, 1.82) is 0 Å². The van der Waals surface area contributed by atoms with Crippen molar-refractivity contribution < 1.29 is 9.59 Å². The zero-order valence-corrected chi connectivity index (χ0v) is 17.2. The summed E-state index contributed by atoms with van der Waals surface area (Å²) in [5.41, 5.74) is 5.30. The van der Waals surface area contributed by atoms with Gasteiger partial charge < -0.3 is 9.88 Å². The van der Waals surface area contributed by atoms with Crippen LogP contribution in [-0.4, -0.2) is 34.7 Å². The molecule has 1 aliphatic rings. The van der Waals surface area contributed by atoms with Gasteiger partial charge in [-0.15, -0.1) is 0 Å². The maximum absolute atomic E-state index is 12.8. The van der Waals surface area contributed by atoms with E-state index >= 15 is 0 Å². The van der Waals surface area contributed by atoms with Gasteiger partial charge in [0.05, 0.1) is 0 Å². The first-order chi connectivity index (χ1) is 14.0. The van der Waals surface area contributed by atoms with Crippen LogP contribution < -0.4 is 0 Å². The lowest BCUT2D eigenvalue weighted by atomic mass is 9.89. The van der Waals surface area contributed by atoms with Gasteiger partial charge in [-0.25, -0.2) is 0 Å². The van der Waals surface area contributed by atoms with Crippen molar-refractivity contribution in [3.05, 3.63) is 70.9 Å². The van der Waals surface area contributed by atoms with Gasteiger partial charge in [0.1, 0.15) is 0 Å². The van der Waals surface area contributed by atoms with Crippen LogP contribution in [0.2, 0.25) is 0 Å². The molecule has 0 spiro atoms. The Balaban J connectivity index is 1.35. The van der Waals surface area contributed by atoms with E-state index in [2.05, 4.69) is 35.3 Å². The summed E-state index contributed by atoms with van der Waals surface area (Å²) in [6.07, 6.45) is 4.32. The minimum atomic E-state index is 0.0393. The van der Waals surface area contributed by atoms with E-state index in [-0.39, 0.29) is 24.5 Å². The Morgan fingerprint density at radius 3 is 2.38 bits per heavy atom. The van der Waals surface area contributed by atoms with Crippen molar-refractivity contribution in [3.8, 4) is 0 Å². The predicted molar refractivity (Wildman–Crippen MR) is 116 cm³/mol. The summed E-state index contributed by atoms with van der Waals surface area (Å²) in [6, 6.07) is 14.6. The highest BCUT2D eigenvalue weighted by atomic mass is 16.2. The maximum Gasteiger partial charge on any atom is 0.223 e. The number of fused-ring (bicyclic) bond motifs is 1. The number of ketones is 1. The Kier molecular flexibility index (Phi) is 5.52. The number of amides is 1. The quantitative estimate of drug-likeness (QED) is 0.614. The molecule has 0 bridgehead atoms. The van der Waals surface area contributed by atoms with Gasteiger partial charge in [-0.2, -0.15) is 0 Å². The number of aromatic nitrogens is 1. The highest BCUT2D eigenvalue weighted by Gasteiger charge is 2.24. The zero-order valence-electron chi connectivity index (χ0n) is 17.2. The number of rotatable bonds is 5. The highest BCUT2D eigenvalue weighted by Crippen LogP contribution is 2.29. The van der Waals surface area contributed by atoms with Gasteiger partial charge in [0.2, 0.25) is 5.91 Å². The summed E-state index contributed by atoms with van der Waals surface area (Å²) in [5.74, 6) is 0.661. The number of nitrogens with zero attached hydrogens (tertiary/aromatic N) is 1. The molecule has 29 heavy (non-hydrogen) atoms. The fourth-order valence-electron chi connectivity index (χ4n) is 4.48. The third kappa shape index (κ3) is 3.98. The Morgan fingerprint density at radius 1 is 0.966 bits per heavy atom. The molecule has 4 nitrogen and oxygen atoms in total. The summed E-state index contributed by atoms with van der Waals surface area (Å²) in [7, 11) is 0. The average Bonchev–Trinajstić information content (AvgIpc) is 3.22. The lowest BCUT2D eigenvalue weighted by Crippen LogP contribution is -2.38. The molecule has 0 atom stereocenters. The topological polar surface area (TPSA) is 53.2 Å². The first-order valence-corrected chi connectivity index (χ1v) is 10.5. The Hall–Kier alpha value is -2.88. The number of aryl methyl sites for hydroxylation is 2. The number of Topliss-reactive ketones (excluding diaryl/α,β-unsaturated/α-hetero) is 1. The molecule has 1 aliphatic heterocycles. The number of carbonyl (C=O) groups is 2. The molecule has 1 amide bonds. The minimum absolute atomic E-state index is 0.0393. The first-order valence-electron chi connectivity index (χ1n) is 10.5. The second kappa shape index (κ2) is 8.24. The van der Waals surface area contributed by atoms with Crippen molar-refractivity contribution in [2.24, 2.45) is 0 Å². The van der Waals surface area contributed by atoms with Crippen LogP contribution >= 0.6 is 0 Å². The molecule has 0 unspecified atom stereocenters. The Bertz CT molecular complexity index is 1030. The van der Waals surface area contributed by atoms with Crippen molar-refractivity contribution in [2.45, 2.75) is 45.4 Å². The van der Waals surface area contributed by atoms with Gasteiger partial charge in [-0.3, -0.25) is 9.59 Å². The van der Waals surface area contributed by atoms with Crippen LogP contribution in [0.3, 0.4) is 0 Å². The van der Waals surface area contributed by atoms with E-state index in [1.165, 1.54) is 5.56 Å².